The van der Waals surface area contributed by atoms with E-state index in [0.717, 1.165) is 17.5 Å². The van der Waals surface area contributed by atoms with Gasteiger partial charge in [0.2, 0.25) is 11.8 Å². The molecule has 2 aromatic rings. The molecule has 1 aromatic heterocycles. The summed E-state index contributed by atoms with van der Waals surface area (Å²) in [5, 5.41) is 13.8. The van der Waals surface area contributed by atoms with Gasteiger partial charge in [-0.2, -0.15) is 4.98 Å². The Morgan fingerprint density at radius 3 is 2.90 bits per heavy atom. The average Bonchev–Trinajstić information content (AvgIpc) is 2.47. The number of benzene rings is 1. The summed E-state index contributed by atoms with van der Waals surface area (Å²) in [6.07, 6.45) is 1.72. The van der Waals surface area contributed by atoms with E-state index >= 15 is 0 Å². The second kappa shape index (κ2) is 6.51. The summed E-state index contributed by atoms with van der Waals surface area (Å²) in [5.41, 5.74) is 6.24. The van der Waals surface area contributed by atoms with Crippen molar-refractivity contribution in [2.45, 2.75) is 6.42 Å². The maximum Gasteiger partial charge on any atom is 0.329 e. The zero-order valence-electron chi connectivity index (χ0n) is 11.4. The fraction of sp³-hybridized carbons (Fsp3) is 0.231. The number of nitrogens with two attached hydrogens (primary N) is 1. The third-order valence-corrected chi connectivity index (χ3v) is 2.86. The molecule has 0 radical (unpaired) electrons. The van der Waals surface area contributed by atoms with Gasteiger partial charge in [-0.3, -0.25) is 10.1 Å². The van der Waals surface area contributed by atoms with Crippen LogP contribution in [-0.4, -0.2) is 28.5 Å². The van der Waals surface area contributed by atoms with Crippen molar-refractivity contribution >= 4 is 17.5 Å². The van der Waals surface area contributed by atoms with Crippen LogP contribution >= 0.6 is 0 Å². The van der Waals surface area contributed by atoms with Crippen molar-refractivity contribution in [3.8, 4) is 5.75 Å². The van der Waals surface area contributed by atoms with Gasteiger partial charge in [-0.05, 0) is 18.1 Å². The highest BCUT2D eigenvalue weighted by atomic mass is 16.6. The molecule has 2 rings (SSSR count). The van der Waals surface area contributed by atoms with Crippen LogP contribution in [0.15, 0.2) is 30.5 Å². The lowest BCUT2D eigenvalue weighted by Crippen LogP contribution is -2.10. The van der Waals surface area contributed by atoms with Crippen LogP contribution in [0.5, 0.6) is 5.75 Å². The van der Waals surface area contributed by atoms with Crippen LogP contribution in [0, 0.1) is 10.1 Å². The van der Waals surface area contributed by atoms with Gasteiger partial charge >= 0.3 is 5.69 Å². The van der Waals surface area contributed by atoms with E-state index in [9.17, 15) is 10.1 Å². The highest BCUT2D eigenvalue weighted by molar-refractivity contribution is 5.56. The molecule has 1 heterocycles. The molecule has 0 amide bonds. The molecule has 3 N–H and O–H groups in total. The van der Waals surface area contributed by atoms with E-state index in [0.29, 0.717) is 13.0 Å². The number of aromatic nitrogens is 2. The van der Waals surface area contributed by atoms with Gasteiger partial charge in [0.05, 0.1) is 12.0 Å². The number of hydrogen-bond acceptors (Lipinski definition) is 7. The van der Waals surface area contributed by atoms with Crippen molar-refractivity contribution in [1.82, 2.24) is 9.97 Å². The maximum atomic E-state index is 10.9. The number of anilines is 2. The molecule has 21 heavy (non-hydrogen) atoms. The first kappa shape index (κ1) is 14.5. The number of rotatable bonds is 6. The molecule has 0 fully saturated rings. The minimum Gasteiger partial charge on any atom is -0.496 e. The smallest absolute Gasteiger partial charge is 0.329 e. The molecular formula is C13H15N5O3. The van der Waals surface area contributed by atoms with Crippen LogP contribution in [0.3, 0.4) is 0 Å². The summed E-state index contributed by atoms with van der Waals surface area (Å²) in [4.78, 5) is 17.8. The third-order valence-electron chi connectivity index (χ3n) is 2.86. The molecule has 8 nitrogen and oxygen atoms in total. The number of nitrogen functional groups attached to an aromatic ring is 1. The Hall–Kier alpha value is -2.90. The quantitative estimate of drug-likeness (QED) is 0.613. The van der Waals surface area contributed by atoms with Gasteiger partial charge in [0.15, 0.2) is 0 Å². The summed E-state index contributed by atoms with van der Waals surface area (Å²) < 4.78 is 5.25. The van der Waals surface area contributed by atoms with Gasteiger partial charge < -0.3 is 15.8 Å². The van der Waals surface area contributed by atoms with Gasteiger partial charge in [0, 0.05) is 6.54 Å². The lowest BCUT2D eigenvalue weighted by molar-refractivity contribution is -0.384. The maximum absolute atomic E-state index is 10.9. The van der Waals surface area contributed by atoms with Gasteiger partial charge in [-0.25, -0.2) is 4.98 Å². The van der Waals surface area contributed by atoms with Crippen LogP contribution in [0.2, 0.25) is 0 Å². The highest BCUT2D eigenvalue weighted by Crippen LogP contribution is 2.22. The largest absolute Gasteiger partial charge is 0.496 e. The Bertz CT molecular complexity index is 647. The number of nitrogens with zero attached hydrogens (tertiary/aromatic N) is 3. The molecule has 1 aromatic carbocycles. The monoisotopic (exact) mass is 289 g/mol. The van der Waals surface area contributed by atoms with Gasteiger partial charge in [-0.1, -0.05) is 18.2 Å². The fourth-order valence-corrected chi connectivity index (χ4v) is 1.88. The van der Waals surface area contributed by atoms with E-state index in [2.05, 4.69) is 15.3 Å². The van der Waals surface area contributed by atoms with Crippen LogP contribution < -0.4 is 15.8 Å². The van der Waals surface area contributed by atoms with Crippen molar-refractivity contribution in [2.24, 2.45) is 0 Å². The Labute approximate surface area is 121 Å². The number of ether oxygens (including phenoxy) is 1. The Morgan fingerprint density at radius 2 is 2.19 bits per heavy atom. The Morgan fingerprint density at radius 1 is 1.43 bits per heavy atom. The topological polar surface area (TPSA) is 116 Å². The fourth-order valence-electron chi connectivity index (χ4n) is 1.88. The minimum absolute atomic E-state index is 0.0135. The second-order valence-corrected chi connectivity index (χ2v) is 4.21. The highest BCUT2D eigenvalue weighted by Gasteiger charge is 2.16. The molecule has 0 saturated heterocycles. The van der Waals surface area contributed by atoms with Crippen molar-refractivity contribution in [3.63, 3.8) is 0 Å². The van der Waals surface area contributed by atoms with E-state index < -0.39 is 4.92 Å². The first-order valence-electron chi connectivity index (χ1n) is 6.24. The Balaban J connectivity index is 2.07. The molecule has 110 valence electrons. The SMILES string of the molecule is COc1ccccc1CCNc1nc(N)ncc1[N+](=O)[O-]. The molecule has 8 heteroatoms. The average molecular weight is 289 g/mol. The molecule has 0 bridgehead atoms. The third kappa shape index (κ3) is 3.56. The van der Waals surface area contributed by atoms with Crippen molar-refractivity contribution in [2.75, 3.05) is 24.7 Å². The van der Waals surface area contributed by atoms with Gasteiger partial charge in [-0.15, -0.1) is 0 Å². The number of hydrogen-bond donors (Lipinski definition) is 2. The summed E-state index contributed by atoms with van der Waals surface area (Å²) >= 11 is 0. The lowest BCUT2D eigenvalue weighted by atomic mass is 10.1. The van der Waals surface area contributed by atoms with E-state index in [1.807, 2.05) is 24.3 Å². The zero-order chi connectivity index (χ0) is 15.2. The van der Waals surface area contributed by atoms with E-state index in [4.69, 9.17) is 10.5 Å². The minimum atomic E-state index is -0.551. The van der Waals surface area contributed by atoms with Crippen LogP contribution in [0.25, 0.3) is 0 Å². The first-order valence-corrected chi connectivity index (χ1v) is 6.24. The predicted molar refractivity (Wildman–Crippen MR) is 78.3 cm³/mol. The molecule has 0 atom stereocenters. The normalized spacial score (nSPS) is 10.1. The molecule has 0 spiro atoms. The number of nitrogens with one attached hydrogen (secondary N) is 1. The van der Waals surface area contributed by atoms with Crippen molar-refractivity contribution in [3.05, 3.63) is 46.1 Å². The van der Waals surface area contributed by atoms with Crippen LogP contribution in [0.4, 0.5) is 17.5 Å². The van der Waals surface area contributed by atoms with Crippen LogP contribution in [0.1, 0.15) is 5.56 Å². The molecule has 0 aliphatic rings. The molecule has 0 aliphatic carbocycles. The zero-order valence-corrected chi connectivity index (χ0v) is 11.4. The molecule has 0 unspecified atom stereocenters. The number of nitro groups is 1. The van der Waals surface area contributed by atoms with E-state index in [1.165, 1.54) is 0 Å². The molecular weight excluding hydrogens is 274 g/mol. The predicted octanol–water partition coefficient (Wildman–Crippen LogP) is 1.63. The van der Waals surface area contributed by atoms with Crippen molar-refractivity contribution in [1.29, 1.82) is 0 Å². The van der Waals surface area contributed by atoms with Crippen molar-refractivity contribution < 1.29 is 9.66 Å². The number of methoxy groups -OCH3 is 1. The standard InChI is InChI=1S/C13H15N5O3/c1-21-11-5-3-2-4-9(11)6-7-15-12-10(18(19)20)8-16-13(14)17-12/h2-5,8H,6-7H2,1H3,(H3,14,15,16,17). The summed E-state index contributed by atoms with van der Waals surface area (Å²) in [6.45, 7) is 0.456. The number of para-hydroxylation sites is 1. The van der Waals surface area contributed by atoms with E-state index in [-0.39, 0.29) is 17.5 Å². The summed E-state index contributed by atoms with van der Waals surface area (Å²) in [7, 11) is 1.60. The summed E-state index contributed by atoms with van der Waals surface area (Å²) in [6, 6.07) is 7.58. The lowest BCUT2D eigenvalue weighted by Gasteiger charge is -2.09. The van der Waals surface area contributed by atoms with Gasteiger partial charge in [0.1, 0.15) is 11.9 Å². The first-order chi connectivity index (χ1) is 10.1. The van der Waals surface area contributed by atoms with E-state index in [1.54, 1.807) is 7.11 Å². The second-order valence-electron chi connectivity index (χ2n) is 4.21. The van der Waals surface area contributed by atoms with Crippen LogP contribution in [-0.2, 0) is 6.42 Å². The summed E-state index contributed by atoms with van der Waals surface area (Å²) in [5.74, 6) is 0.874. The van der Waals surface area contributed by atoms with Gasteiger partial charge in [0.25, 0.3) is 0 Å². The molecule has 0 aliphatic heterocycles. The Kier molecular flexibility index (Phi) is 4.50. The molecule has 0 saturated carbocycles.